The van der Waals surface area contributed by atoms with Crippen LogP contribution in [0.5, 0.6) is 0 Å². The quantitative estimate of drug-likeness (QED) is 0.801. The highest BCUT2D eigenvalue weighted by Gasteiger charge is 2.08. The van der Waals surface area contributed by atoms with Crippen LogP contribution in [0.1, 0.15) is 15.9 Å². The molecule has 0 aliphatic carbocycles. The summed E-state index contributed by atoms with van der Waals surface area (Å²) in [6.45, 7) is 0.534. The van der Waals surface area contributed by atoms with Crippen molar-refractivity contribution in [3.8, 4) is 0 Å². The van der Waals surface area contributed by atoms with Crippen molar-refractivity contribution in [1.29, 1.82) is 0 Å². The summed E-state index contributed by atoms with van der Waals surface area (Å²) < 4.78 is 1.55. The van der Waals surface area contributed by atoms with Gasteiger partial charge in [-0.3, -0.25) is 9.36 Å². The molecule has 1 N–H and O–H groups in total. The van der Waals surface area contributed by atoms with E-state index in [0.717, 1.165) is 12.0 Å². The fourth-order valence-corrected chi connectivity index (χ4v) is 2.34. The van der Waals surface area contributed by atoms with E-state index in [1.54, 1.807) is 4.57 Å². The number of hydrogen-bond acceptors (Lipinski definition) is 3. The highest BCUT2D eigenvalue weighted by atomic mass is 16.4. The third-order valence-corrected chi connectivity index (χ3v) is 3.56. The molecule has 1 aromatic heterocycles. The molecule has 3 aromatic rings. The molecule has 0 bridgehead atoms. The Morgan fingerprint density at radius 3 is 2.64 bits per heavy atom. The lowest BCUT2D eigenvalue weighted by Crippen LogP contribution is -2.21. The predicted molar refractivity (Wildman–Crippen MR) is 83.1 cm³/mol. The van der Waals surface area contributed by atoms with Gasteiger partial charge in [0, 0.05) is 6.54 Å². The molecule has 5 heteroatoms. The van der Waals surface area contributed by atoms with E-state index in [-0.39, 0.29) is 11.1 Å². The van der Waals surface area contributed by atoms with Gasteiger partial charge in [-0.2, -0.15) is 0 Å². The SMILES string of the molecule is O=C(O)c1ccc2c(=O)n(CCc3ccccc3)cnc2c1. The molecule has 0 radical (unpaired) electrons. The second-order valence-corrected chi connectivity index (χ2v) is 5.02. The molecular weight excluding hydrogens is 280 g/mol. The van der Waals surface area contributed by atoms with Crippen LogP contribution >= 0.6 is 0 Å². The van der Waals surface area contributed by atoms with Crippen LogP contribution in [0.4, 0.5) is 0 Å². The molecule has 0 amide bonds. The lowest BCUT2D eigenvalue weighted by molar-refractivity contribution is 0.0697. The van der Waals surface area contributed by atoms with Crippen molar-refractivity contribution in [2.75, 3.05) is 0 Å². The Kier molecular flexibility index (Phi) is 3.70. The maximum Gasteiger partial charge on any atom is 0.335 e. The predicted octanol–water partition coefficient (Wildman–Crippen LogP) is 2.34. The van der Waals surface area contributed by atoms with E-state index in [2.05, 4.69) is 4.98 Å². The Hall–Kier alpha value is -2.95. The van der Waals surface area contributed by atoms with E-state index < -0.39 is 5.97 Å². The summed E-state index contributed by atoms with van der Waals surface area (Å²) in [6, 6.07) is 14.3. The monoisotopic (exact) mass is 294 g/mol. The number of aryl methyl sites for hydroxylation is 2. The van der Waals surface area contributed by atoms with Crippen molar-refractivity contribution in [3.63, 3.8) is 0 Å². The first-order valence-corrected chi connectivity index (χ1v) is 6.91. The zero-order valence-corrected chi connectivity index (χ0v) is 11.8. The van der Waals surface area contributed by atoms with Gasteiger partial charge in [0.15, 0.2) is 0 Å². The van der Waals surface area contributed by atoms with Crippen molar-refractivity contribution in [2.24, 2.45) is 0 Å². The van der Waals surface area contributed by atoms with Gasteiger partial charge < -0.3 is 5.11 Å². The Morgan fingerprint density at radius 2 is 1.91 bits per heavy atom. The van der Waals surface area contributed by atoms with Gasteiger partial charge in [0.1, 0.15) is 0 Å². The topological polar surface area (TPSA) is 72.2 Å². The van der Waals surface area contributed by atoms with E-state index in [0.29, 0.717) is 17.4 Å². The first-order valence-electron chi connectivity index (χ1n) is 6.91. The van der Waals surface area contributed by atoms with E-state index in [9.17, 15) is 9.59 Å². The van der Waals surface area contributed by atoms with Crippen LogP contribution in [0, 0.1) is 0 Å². The number of carboxylic acid groups (broad SMARTS) is 1. The molecule has 0 spiro atoms. The molecule has 0 aliphatic heterocycles. The summed E-state index contributed by atoms with van der Waals surface area (Å²) in [7, 11) is 0. The van der Waals surface area contributed by atoms with Crippen molar-refractivity contribution in [3.05, 3.63) is 76.3 Å². The van der Waals surface area contributed by atoms with Crippen molar-refractivity contribution < 1.29 is 9.90 Å². The van der Waals surface area contributed by atoms with Crippen LogP contribution < -0.4 is 5.56 Å². The average Bonchev–Trinajstić information content (AvgIpc) is 2.55. The second kappa shape index (κ2) is 5.81. The van der Waals surface area contributed by atoms with Gasteiger partial charge >= 0.3 is 5.97 Å². The number of aromatic carboxylic acids is 1. The lowest BCUT2D eigenvalue weighted by atomic mass is 10.1. The van der Waals surface area contributed by atoms with Gasteiger partial charge in [-0.15, -0.1) is 0 Å². The molecule has 1 heterocycles. The third kappa shape index (κ3) is 2.74. The maximum absolute atomic E-state index is 12.4. The maximum atomic E-state index is 12.4. The van der Waals surface area contributed by atoms with E-state index in [1.165, 1.54) is 24.5 Å². The largest absolute Gasteiger partial charge is 0.478 e. The van der Waals surface area contributed by atoms with Crippen molar-refractivity contribution in [2.45, 2.75) is 13.0 Å². The normalized spacial score (nSPS) is 10.7. The fourth-order valence-electron chi connectivity index (χ4n) is 2.34. The van der Waals surface area contributed by atoms with Gasteiger partial charge in [0.05, 0.1) is 22.8 Å². The molecular formula is C17H14N2O3. The van der Waals surface area contributed by atoms with E-state index in [1.807, 2.05) is 30.3 Å². The zero-order valence-electron chi connectivity index (χ0n) is 11.8. The van der Waals surface area contributed by atoms with Crippen molar-refractivity contribution in [1.82, 2.24) is 9.55 Å². The summed E-state index contributed by atoms with van der Waals surface area (Å²) in [5.41, 5.74) is 1.52. The Labute approximate surface area is 126 Å². The molecule has 0 atom stereocenters. The molecule has 22 heavy (non-hydrogen) atoms. The minimum absolute atomic E-state index is 0.126. The zero-order chi connectivity index (χ0) is 15.5. The fraction of sp³-hybridized carbons (Fsp3) is 0.118. The third-order valence-electron chi connectivity index (χ3n) is 3.56. The number of aromatic nitrogens is 2. The van der Waals surface area contributed by atoms with Crippen LogP contribution in [-0.4, -0.2) is 20.6 Å². The minimum Gasteiger partial charge on any atom is -0.478 e. The first-order chi connectivity index (χ1) is 10.6. The number of carbonyl (C=O) groups is 1. The summed E-state index contributed by atoms with van der Waals surface area (Å²) in [5.74, 6) is -1.03. The highest BCUT2D eigenvalue weighted by Crippen LogP contribution is 2.10. The molecule has 0 fully saturated rings. The van der Waals surface area contributed by atoms with Gasteiger partial charge in [-0.1, -0.05) is 30.3 Å². The van der Waals surface area contributed by atoms with Crippen molar-refractivity contribution >= 4 is 16.9 Å². The minimum atomic E-state index is -1.03. The summed E-state index contributed by atoms with van der Waals surface area (Å²) in [5, 5.41) is 9.40. The number of carboxylic acids is 1. The standard InChI is InChI=1S/C17H14N2O3/c20-16-14-7-6-13(17(21)22)10-15(14)18-11-19(16)9-8-12-4-2-1-3-5-12/h1-7,10-11H,8-9H2,(H,21,22). The summed E-state index contributed by atoms with van der Waals surface area (Å²) in [4.78, 5) is 27.5. The number of fused-ring (bicyclic) bond motifs is 1. The molecule has 3 rings (SSSR count). The Balaban J connectivity index is 1.92. The smallest absolute Gasteiger partial charge is 0.335 e. The van der Waals surface area contributed by atoms with Gasteiger partial charge in [-0.05, 0) is 30.2 Å². The van der Waals surface area contributed by atoms with E-state index in [4.69, 9.17) is 5.11 Å². The summed E-state index contributed by atoms with van der Waals surface area (Å²) >= 11 is 0. The van der Waals surface area contributed by atoms with Gasteiger partial charge in [0.25, 0.3) is 5.56 Å². The van der Waals surface area contributed by atoms with Crippen LogP contribution in [-0.2, 0) is 13.0 Å². The highest BCUT2D eigenvalue weighted by molar-refractivity contribution is 5.92. The molecule has 0 unspecified atom stereocenters. The molecule has 0 saturated heterocycles. The first kappa shape index (κ1) is 14.0. The van der Waals surface area contributed by atoms with Crippen LogP contribution in [0.2, 0.25) is 0 Å². The second-order valence-electron chi connectivity index (χ2n) is 5.02. The number of benzene rings is 2. The number of nitrogens with zero attached hydrogens (tertiary/aromatic N) is 2. The van der Waals surface area contributed by atoms with E-state index >= 15 is 0 Å². The molecule has 2 aromatic carbocycles. The lowest BCUT2D eigenvalue weighted by Gasteiger charge is -2.07. The van der Waals surface area contributed by atoms with Crippen LogP contribution in [0.15, 0.2) is 59.7 Å². The number of hydrogen-bond donors (Lipinski definition) is 1. The summed E-state index contributed by atoms with van der Waals surface area (Å²) in [6.07, 6.45) is 2.21. The number of rotatable bonds is 4. The average molecular weight is 294 g/mol. The molecule has 5 nitrogen and oxygen atoms in total. The van der Waals surface area contributed by atoms with Gasteiger partial charge in [0.2, 0.25) is 0 Å². The van der Waals surface area contributed by atoms with Gasteiger partial charge in [-0.25, -0.2) is 9.78 Å². The molecule has 0 aliphatic rings. The van der Waals surface area contributed by atoms with Crippen LogP contribution in [0.3, 0.4) is 0 Å². The Morgan fingerprint density at radius 1 is 1.14 bits per heavy atom. The molecule has 0 saturated carbocycles. The van der Waals surface area contributed by atoms with Crippen LogP contribution in [0.25, 0.3) is 10.9 Å². The Bertz CT molecular complexity index is 885. The molecule has 110 valence electrons.